The Hall–Kier alpha value is -1.19. The van der Waals surface area contributed by atoms with Crippen LogP contribution in [0.2, 0.25) is 0 Å². The fourth-order valence-corrected chi connectivity index (χ4v) is 2.87. The Morgan fingerprint density at radius 2 is 2.00 bits per heavy atom. The van der Waals surface area contributed by atoms with E-state index in [4.69, 9.17) is 5.73 Å². The third kappa shape index (κ3) is 4.77. The van der Waals surface area contributed by atoms with Crippen molar-refractivity contribution in [2.45, 2.75) is 37.2 Å². The summed E-state index contributed by atoms with van der Waals surface area (Å²) >= 11 is 1.90. The fraction of sp³-hybridized carbons (Fsp3) is 0.375. The predicted octanol–water partition coefficient (Wildman–Crippen LogP) is 3.56. The standard InChI is InChI=1S/C16H22N2S/c1-2-15(17)12-14-8-9-18(13-14)10-11-19-16-6-4-3-5-7-16/h3-9,13,15H,2,10-12,17H2,1H3. The highest BCUT2D eigenvalue weighted by Gasteiger charge is 2.03. The summed E-state index contributed by atoms with van der Waals surface area (Å²) in [6.45, 7) is 3.18. The van der Waals surface area contributed by atoms with E-state index in [-0.39, 0.29) is 6.04 Å². The van der Waals surface area contributed by atoms with Gasteiger partial charge >= 0.3 is 0 Å². The second-order valence-corrected chi connectivity index (χ2v) is 5.96. The second-order valence-electron chi connectivity index (χ2n) is 4.79. The number of benzene rings is 1. The average molecular weight is 274 g/mol. The topological polar surface area (TPSA) is 30.9 Å². The number of hydrogen-bond donors (Lipinski definition) is 1. The van der Waals surface area contributed by atoms with E-state index in [0.29, 0.717) is 0 Å². The highest BCUT2D eigenvalue weighted by atomic mass is 32.2. The molecular weight excluding hydrogens is 252 g/mol. The zero-order chi connectivity index (χ0) is 13.5. The summed E-state index contributed by atoms with van der Waals surface area (Å²) < 4.78 is 2.26. The summed E-state index contributed by atoms with van der Waals surface area (Å²) in [4.78, 5) is 1.34. The third-order valence-corrected chi connectivity index (χ3v) is 4.19. The zero-order valence-electron chi connectivity index (χ0n) is 11.5. The SMILES string of the molecule is CCC(N)Cc1ccn(CCSc2ccccc2)c1. The first kappa shape index (κ1) is 14.2. The molecule has 1 aromatic carbocycles. The molecule has 0 amide bonds. The smallest absolute Gasteiger partial charge is 0.0314 e. The Bertz CT molecular complexity index is 479. The highest BCUT2D eigenvalue weighted by Crippen LogP contribution is 2.17. The number of hydrogen-bond acceptors (Lipinski definition) is 2. The number of aryl methyl sites for hydroxylation is 1. The van der Waals surface area contributed by atoms with E-state index in [2.05, 4.69) is 60.3 Å². The van der Waals surface area contributed by atoms with Crippen molar-refractivity contribution in [1.82, 2.24) is 4.57 Å². The average Bonchev–Trinajstić information content (AvgIpc) is 2.87. The van der Waals surface area contributed by atoms with Crippen LogP contribution in [0.15, 0.2) is 53.7 Å². The van der Waals surface area contributed by atoms with Gasteiger partial charge < -0.3 is 10.3 Å². The van der Waals surface area contributed by atoms with Gasteiger partial charge in [0.2, 0.25) is 0 Å². The van der Waals surface area contributed by atoms with Crippen LogP contribution < -0.4 is 5.73 Å². The van der Waals surface area contributed by atoms with Crippen LogP contribution in [-0.4, -0.2) is 16.4 Å². The van der Waals surface area contributed by atoms with Crippen LogP contribution in [0.5, 0.6) is 0 Å². The molecule has 2 aromatic rings. The maximum Gasteiger partial charge on any atom is 0.0314 e. The summed E-state index contributed by atoms with van der Waals surface area (Å²) in [7, 11) is 0. The van der Waals surface area contributed by atoms with Gasteiger partial charge in [-0.2, -0.15) is 0 Å². The first-order chi connectivity index (χ1) is 9.28. The van der Waals surface area contributed by atoms with E-state index in [1.165, 1.54) is 10.5 Å². The summed E-state index contributed by atoms with van der Waals surface area (Å²) in [5, 5.41) is 0. The molecule has 3 heteroatoms. The molecule has 1 heterocycles. The number of thioether (sulfide) groups is 1. The molecule has 0 saturated carbocycles. The molecule has 1 aromatic heterocycles. The van der Waals surface area contributed by atoms with Gasteiger partial charge in [-0.25, -0.2) is 0 Å². The molecule has 1 unspecified atom stereocenters. The van der Waals surface area contributed by atoms with Crippen molar-refractivity contribution in [3.05, 3.63) is 54.4 Å². The van der Waals surface area contributed by atoms with Crippen LogP contribution in [0.3, 0.4) is 0 Å². The van der Waals surface area contributed by atoms with Gasteiger partial charge in [0.05, 0.1) is 0 Å². The van der Waals surface area contributed by atoms with Crippen LogP contribution in [0.4, 0.5) is 0 Å². The fourth-order valence-electron chi connectivity index (χ4n) is 1.98. The Morgan fingerprint density at radius 3 is 2.74 bits per heavy atom. The lowest BCUT2D eigenvalue weighted by Crippen LogP contribution is -2.21. The van der Waals surface area contributed by atoms with Crippen molar-refractivity contribution >= 4 is 11.8 Å². The van der Waals surface area contributed by atoms with Crippen LogP contribution >= 0.6 is 11.8 Å². The minimum absolute atomic E-state index is 0.287. The molecular formula is C16H22N2S. The Balaban J connectivity index is 1.77. The quantitative estimate of drug-likeness (QED) is 0.783. The van der Waals surface area contributed by atoms with Crippen LogP contribution in [-0.2, 0) is 13.0 Å². The molecule has 0 spiro atoms. The monoisotopic (exact) mass is 274 g/mol. The predicted molar refractivity (Wildman–Crippen MR) is 83.6 cm³/mol. The molecule has 0 radical (unpaired) electrons. The summed E-state index contributed by atoms with van der Waals surface area (Å²) in [5.41, 5.74) is 7.32. The number of nitrogens with zero attached hydrogens (tertiary/aromatic N) is 1. The minimum Gasteiger partial charge on any atom is -0.353 e. The van der Waals surface area contributed by atoms with Gasteiger partial charge in [0.25, 0.3) is 0 Å². The molecule has 0 aliphatic rings. The maximum absolute atomic E-state index is 5.98. The number of aromatic nitrogens is 1. The lowest BCUT2D eigenvalue weighted by molar-refractivity contribution is 0.644. The summed E-state index contributed by atoms with van der Waals surface area (Å²) in [6.07, 6.45) is 6.40. The molecule has 0 saturated heterocycles. The van der Waals surface area contributed by atoms with Crippen LogP contribution in [0, 0.1) is 0 Å². The molecule has 2 rings (SSSR count). The van der Waals surface area contributed by atoms with Gasteiger partial charge in [0.15, 0.2) is 0 Å². The van der Waals surface area contributed by atoms with E-state index < -0.39 is 0 Å². The van der Waals surface area contributed by atoms with Gasteiger partial charge in [-0.05, 0) is 36.6 Å². The van der Waals surface area contributed by atoms with E-state index in [9.17, 15) is 0 Å². The highest BCUT2D eigenvalue weighted by molar-refractivity contribution is 7.99. The summed E-state index contributed by atoms with van der Waals surface area (Å²) in [6, 6.07) is 13.0. The lowest BCUT2D eigenvalue weighted by Gasteiger charge is -2.06. The molecule has 19 heavy (non-hydrogen) atoms. The Morgan fingerprint density at radius 1 is 1.21 bits per heavy atom. The van der Waals surface area contributed by atoms with Gasteiger partial charge in [-0.1, -0.05) is 25.1 Å². The Labute approximate surface area is 120 Å². The largest absolute Gasteiger partial charge is 0.353 e. The molecule has 0 aliphatic heterocycles. The van der Waals surface area contributed by atoms with Crippen molar-refractivity contribution in [2.75, 3.05) is 5.75 Å². The van der Waals surface area contributed by atoms with E-state index in [1.807, 2.05) is 11.8 Å². The van der Waals surface area contributed by atoms with Gasteiger partial charge in [-0.3, -0.25) is 0 Å². The van der Waals surface area contributed by atoms with Crippen molar-refractivity contribution in [2.24, 2.45) is 5.73 Å². The van der Waals surface area contributed by atoms with Crippen LogP contribution in [0.1, 0.15) is 18.9 Å². The van der Waals surface area contributed by atoms with E-state index in [0.717, 1.165) is 25.1 Å². The molecule has 1 atom stereocenters. The van der Waals surface area contributed by atoms with Crippen molar-refractivity contribution in [3.8, 4) is 0 Å². The molecule has 0 bridgehead atoms. The van der Waals surface area contributed by atoms with Gasteiger partial charge in [-0.15, -0.1) is 11.8 Å². The van der Waals surface area contributed by atoms with Gasteiger partial charge in [0.1, 0.15) is 0 Å². The van der Waals surface area contributed by atoms with Crippen molar-refractivity contribution < 1.29 is 0 Å². The summed E-state index contributed by atoms with van der Waals surface area (Å²) in [5.74, 6) is 1.10. The molecule has 102 valence electrons. The van der Waals surface area contributed by atoms with E-state index >= 15 is 0 Å². The molecule has 2 nitrogen and oxygen atoms in total. The lowest BCUT2D eigenvalue weighted by atomic mass is 10.1. The first-order valence-electron chi connectivity index (χ1n) is 6.86. The second kappa shape index (κ2) is 7.41. The molecule has 0 fully saturated rings. The van der Waals surface area contributed by atoms with Crippen LogP contribution in [0.25, 0.3) is 0 Å². The van der Waals surface area contributed by atoms with E-state index in [1.54, 1.807) is 0 Å². The normalized spacial score (nSPS) is 12.5. The minimum atomic E-state index is 0.287. The number of rotatable bonds is 7. The molecule has 2 N–H and O–H groups in total. The van der Waals surface area contributed by atoms with Crippen molar-refractivity contribution in [1.29, 1.82) is 0 Å². The maximum atomic E-state index is 5.98. The van der Waals surface area contributed by atoms with Gasteiger partial charge in [0, 0.05) is 35.6 Å². The third-order valence-electron chi connectivity index (χ3n) is 3.20. The molecule has 0 aliphatic carbocycles. The van der Waals surface area contributed by atoms with Crippen molar-refractivity contribution in [3.63, 3.8) is 0 Å². The zero-order valence-corrected chi connectivity index (χ0v) is 12.3. The Kier molecular flexibility index (Phi) is 5.55. The number of nitrogens with two attached hydrogens (primary N) is 1. The first-order valence-corrected chi connectivity index (χ1v) is 7.84.